The zero-order valence-corrected chi connectivity index (χ0v) is 32.1. The third-order valence-electron chi connectivity index (χ3n) is 10.8. The van der Waals surface area contributed by atoms with Gasteiger partial charge in [-0.1, -0.05) is 33.6 Å². The summed E-state index contributed by atoms with van der Waals surface area (Å²) in [4.78, 5) is 46.1. The van der Waals surface area contributed by atoms with Crippen LogP contribution in [0.15, 0.2) is 10.1 Å². The number of aromatic nitrogens is 1. The lowest BCUT2D eigenvalue weighted by Crippen LogP contribution is -2.63. The second kappa shape index (κ2) is 14.7. The normalized spacial score (nSPS) is 25.1. The van der Waals surface area contributed by atoms with Gasteiger partial charge in [-0.25, -0.2) is 9.18 Å². The van der Waals surface area contributed by atoms with Gasteiger partial charge in [0.05, 0.1) is 30.5 Å². The van der Waals surface area contributed by atoms with Crippen molar-refractivity contribution in [2.24, 2.45) is 11.8 Å². The molecule has 0 radical (unpaired) electrons. The molecule has 2 aromatic rings. The third kappa shape index (κ3) is 6.39. The van der Waals surface area contributed by atoms with Crippen LogP contribution in [0.2, 0.25) is 0 Å². The minimum Gasteiger partial charge on any atom is -0.507 e. The van der Waals surface area contributed by atoms with E-state index in [1.165, 1.54) is 4.90 Å². The number of fused-ring (bicyclic) bond motifs is 5. The van der Waals surface area contributed by atoms with E-state index in [4.69, 9.17) is 18.7 Å². The standard InChI is InChI=1S/C39H53FN4O9/c1-9-12-16-50-33-25-21(28(40)26-23(43(7)8)14-15-44(30(26)33)37(48)52-38(4,5)6)18-20-19-22-29(41-11-3)32-27(36(42-53-32)51-17-13-10-2)35(47)39(22,49)34(46)24(20)31(25)45/h20,22-23,29,41,45,49H,9-19H2,1-8H3/t20-,22-,23?,29-,39-/m0/s1. The number of unbranched alkanes of at least 4 members (excludes halogenated alkanes) is 2. The van der Waals surface area contributed by atoms with Crippen molar-refractivity contribution in [1.82, 2.24) is 15.4 Å². The molecule has 1 saturated carbocycles. The van der Waals surface area contributed by atoms with E-state index in [0.717, 1.165) is 12.8 Å². The number of Topliss-reactive ketones (excluding diaryl/α,β-unsaturated/α-hetero) is 2. The summed E-state index contributed by atoms with van der Waals surface area (Å²) < 4.78 is 41.0. The molecule has 4 aliphatic rings. The molecule has 0 bridgehead atoms. The number of aliphatic hydroxyl groups excluding tert-OH is 1. The zero-order chi connectivity index (χ0) is 38.6. The van der Waals surface area contributed by atoms with Gasteiger partial charge in [-0.15, -0.1) is 0 Å². The molecule has 13 nitrogen and oxygen atoms in total. The van der Waals surface area contributed by atoms with E-state index in [-0.39, 0.29) is 83.5 Å². The summed E-state index contributed by atoms with van der Waals surface area (Å²) in [6, 6.07) is -1.24. The average Bonchev–Trinajstić information content (AvgIpc) is 3.52. The van der Waals surface area contributed by atoms with E-state index < -0.39 is 64.4 Å². The highest BCUT2D eigenvalue weighted by molar-refractivity contribution is 6.26. The molecular weight excluding hydrogens is 687 g/mol. The number of rotatable bonds is 11. The quantitative estimate of drug-likeness (QED) is 0.176. The number of carbonyl (C=O) groups excluding carboxylic acids is 3. The third-order valence-corrected chi connectivity index (χ3v) is 10.8. The number of hydrogen-bond donors (Lipinski definition) is 3. The predicted octanol–water partition coefficient (Wildman–Crippen LogP) is 6.23. The predicted molar refractivity (Wildman–Crippen MR) is 194 cm³/mol. The number of hydrogen-bond acceptors (Lipinski definition) is 12. The van der Waals surface area contributed by atoms with Crippen LogP contribution in [0.1, 0.15) is 125 Å². The van der Waals surface area contributed by atoms with Crippen LogP contribution >= 0.6 is 0 Å². The van der Waals surface area contributed by atoms with Crippen molar-refractivity contribution in [1.29, 1.82) is 0 Å². The minimum atomic E-state index is -2.61. The molecule has 5 atom stereocenters. The number of nitrogens with zero attached hydrogens (tertiary/aromatic N) is 3. The van der Waals surface area contributed by atoms with Crippen molar-refractivity contribution in [3.05, 3.63) is 39.4 Å². The number of halogens is 1. The van der Waals surface area contributed by atoms with Crippen LogP contribution in [0, 0.1) is 17.7 Å². The molecule has 0 saturated heterocycles. The summed E-state index contributed by atoms with van der Waals surface area (Å²) in [7, 11) is 3.67. The summed E-state index contributed by atoms with van der Waals surface area (Å²) in [5, 5.41) is 32.0. The van der Waals surface area contributed by atoms with Gasteiger partial charge in [0.2, 0.25) is 11.6 Å². The number of amides is 1. The monoisotopic (exact) mass is 740 g/mol. The van der Waals surface area contributed by atoms with Gasteiger partial charge in [0.15, 0.2) is 17.1 Å². The first-order valence-corrected chi connectivity index (χ1v) is 18.9. The lowest BCUT2D eigenvalue weighted by atomic mass is 9.57. The molecule has 1 unspecified atom stereocenters. The molecule has 1 aliphatic heterocycles. The summed E-state index contributed by atoms with van der Waals surface area (Å²) in [6.45, 7) is 12.1. The van der Waals surface area contributed by atoms with Crippen LogP contribution in [0.3, 0.4) is 0 Å². The van der Waals surface area contributed by atoms with Gasteiger partial charge < -0.3 is 39.2 Å². The Labute approximate surface area is 309 Å². The van der Waals surface area contributed by atoms with Gasteiger partial charge in [-0.3, -0.25) is 14.5 Å². The van der Waals surface area contributed by atoms with E-state index in [1.54, 1.807) is 20.8 Å². The highest BCUT2D eigenvalue weighted by atomic mass is 19.1. The Morgan fingerprint density at radius 3 is 2.40 bits per heavy atom. The van der Waals surface area contributed by atoms with Crippen LogP contribution < -0.4 is 19.7 Å². The number of anilines is 1. The zero-order valence-electron chi connectivity index (χ0n) is 32.1. The van der Waals surface area contributed by atoms with Crippen LogP contribution in [-0.4, -0.2) is 89.5 Å². The number of nitrogens with one attached hydrogen (secondary N) is 1. The Morgan fingerprint density at radius 2 is 1.77 bits per heavy atom. The molecule has 1 aromatic heterocycles. The van der Waals surface area contributed by atoms with E-state index in [2.05, 4.69) is 10.5 Å². The molecule has 6 rings (SSSR count). The Kier molecular flexibility index (Phi) is 10.7. The highest BCUT2D eigenvalue weighted by Gasteiger charge is 2.65. The number of ketones is 2. The number of benzene rings is 1. The average molecular weight is 741 g/mol. The topological polar surface area (TPSA) is 164 Å². The molecular formula is C39H53FN4O9. The summed E-state index contributed by atoms with van der Waals surface area (Å²) in [5.74, 6) is -4.76. The fraction of sp³-hybridized carbons (Fsp3) is 0.641. The molecule has 1 aromatic carbocycles. The van der Waals surface area contributed by atoms with E-state index in [1.807, 2.05) is 39.8 Å². The summed E-state index contributed by atoms with van der Waals surface area (Å²) in [6.07, 6.45) is 2.63. The lowest BCUT2D eigenvalue weighted by Gasteiger charge is -2.48. The second-order valence-corrected chi connectivity index (χ2v) is 15.8. The van der Waals surface area contributed by atoms with Gasteiger partial charge in [-0.2, -0.15) is 0 Å². The number of aliphatic hydroxyl groups is 2. The first kappa shape index (κ1) is 38.7. The maximum Gasteiger partial charge on any atom is 0.414 e. The second-order valence-electron chi connectivity index (χ2n) is 15.8. The van der Waals surface area contributed by atoms with Crippen LogP contribution in [0.25, 0.3) is 5.76 Å². The van der Waals surface area contributed by atoms with Crippen LogP contribution in [0.5, 0.6) is 11.6 Å². The Hall–Kier alpha value is -4.01. The van der Waals surface area contributed by atoms with Crippen molar-refractivity contribution in [2.75, 3.05) is 45.3 Å². The fourth-order valence-electron chi connectivity index (χ4n) is 8.37. The Balaban J connectivity index is 1.56. The molecule has 3 N–H and O–H groups in total. The van der Waals surface area contributed by atoms with Gasteiger partial charge in [0.1, 0.15) is 22.7 Å². The molecule has 1 amide bonds. The SMILES string of the molecule is CCCCOc1noc2c1C(=O)[C@@]1(O)C(=O)C3=C(O)c4c(c(F)c5c(c4OCCCC)N(C(=O)OC(C)(C)C)CCC5N(C)C)C[C@H]3C[C@H]1[C@@H]2NCC. The van der Waals surface area contributed by atoms with Crippen molar-refractivity contribution in [3.8, 4) is 11.6 Å². The fourth-order valence-corrected chi connectivity index (χ4v) is 8.37. The van der Waals surface area contributed by atoms with E-state index in [0.29, 0.717) is 25.8 Å². The first-order valence-electron chi connectivity index (χ1n) is 18.9. The lowest BCUT2D eigenvalue weighted by molar-refractivity contribution is -0.140. The van der Waals surface area contributed by atoms with Gasteiger partial charge in [-0.05, 0) is 84.6 Å². The van der Waals surface area contributed by atoms with Crippen LogP contribution in [-0.2, 0) is 16.0 Å². The van der Waals surface area contributed by atoms with E-state index >= 15 is 4.39 Å². The Morgan fingerprint density at radius 1 is 1.09 bits per heavy atom. The molecule has 14 heteroatoms. The van der Waals surface area contributed by atoms with Crippen molar-refractivity contribution >= 4 is 29.1 Å². The van der Waals surface area contributed by atoms with Crippen molar-refractivity contribution < 1.29 is 47.7 Å². The number of carbonyl (C=O) groups is 3. The molecule has 0 spiro atoms. The highest BCUT2D eigenvalue weighted by Crippen LogP contribution is 2.58. The van der Waals surface area contributed by atoms with E-state index in [9.17, 15) is 24.6 Å². The summed E-state index contributed by atoms with van der Waals surface area (Å²) in [5.41, 5.74) is -3.30. The molecule has 290 valence electrons. The van der Waals surface area contributed by atoms with Gasteiger partial charge in [0, 0.05) is 35.2 Å². The molecule has 3 aliphatic carbocycles. The smallest absolute Gasteiger partial charge is 0.414 e. The minimum absolute atomic E-state index is 0.0233. The van der Waals surface area contributed by atoms with Crippen molar-refractivity contribution in [2.45, 2.75) is 110 Å². The van der Waals surface area contributed by atoms with Crippen molar-refractivity contribution in [3.63, 3.8) is 0 Å². The maximum atomic E-state index is 17.4. The summed E-state index contributed by atoms with van der Waals surface area (Å²) >= 11 is 0. The number of ether oxygens (including phenoxy) is 3. The molecule has 53 heavy (non-hydrogen) atoms. The first-order chi connectivity index (χ1) is 25.1. The van der Waals surface area contributed by atoms with Gasteiger partial charge in [0.25, 0.3) is 5.88 Å². The molecule has 1 fully saturated rings. The maximum absolute atomic E-state index is 17.4. The van der Waals surface area contributed by atoms with Gasteiger partial charge >= 0.3 is 6.09 Å². The Bertz CT molecular complexity index is 1810. The van der Waals surface area contributed by atoms with Crippen LogP contribution in [0.4, 0.5) is 14.9 Å². The largest absolute Gasteiger partial charge is 0.507 e. The molecule has 2 heterocycles.